The van der Waals surface area contributed by atoms with Crippen LogP contribution in [-0.4, -0.2) is 39.5 Å². The minimum atomic E-state index is 0.311. The second-order valence-electron chi connectivity index (χ2n) is 5.18. The summed E-state index contributed by atoms with van der Waals surface area (Å²) in [5, 5.41) is 13.7. The van der Waals surface area contributed by atoms with Gasteiger partial charge in [0.15, 0.2) is 0 Å². The molecule has 0 bridgehead atoms. The van der Waals surface area contributed by atoms with Crippen molar-refractivity contribution in [3.8, 4) is 0 Å². The van der Waals surface area contributed by atoms with Crippen LogP contribution in [-0.2, 0) is 13.1 Å². The smallest absolute Gasteiger partial charge is 0.0638 e. The standard InChI is InChI=1S/C14H23N3O/c1-3-6-17-10-14(12(2)15-17)9-16-7-4-5-13(8-16)11-18/h3,10,13,18H,1,4-9,11H2,2H3/t13-/m0/s1. The summed E-state index contributed by atoms with van der Waals surface area (Å²) in [5.74, 6) is 0.447. The number of hydrogen-bond donors (Lipinski definition) is 1. The number of likely N-dealkylation sites (tertiary alicyclic amines) is 1. The number of hydrogen-bond acceptors (Lipinski definition) is 3. The molecule has 0 aromatic carbocycles. The van der Waals surface area contributed by atoms with Crippen LogP contribution in [0.4, 0.5) is 0 Å². The van der Waals surface area contributed by atoms with Gasteiger partial charge in [-0.05, 0) is 32.2 Å². The number of nitrogens with zero attached hydrogens (tertiary/aromatic N) is 3. The Labute approximate surface area is 109 Å². The van der Waals surface area contributed by atoms with Crippen LogP contribution in [0.15, 0.2) is 18.9 Å². The Kier molecular flexibility index (Phi) is 4.55. The van der Waals surface area contributed by atoms with E-state index in [9.17, 15) is 5.11 Å². The van der Waals surface area contributed by atoms with Crippen molar-refractivity contribution < 1.29 is 5.11 Å². The maximum absolute atomic E-state index is 9.25. The molecular weight excluding hydrogens is 226 g/mol. The van der Waals surface area contributed by atoms with Gasteiger partial charge in [0.1, 0.15) is 0 Å². The highest BCUT2D eigenvalue weighted by Crippen LogP contribution is 2.19. The van der Waals surface area contributed by atoms with Crippen LogP contribution in [0, 0.1) is 12.8 Å². The van der Waals surface area contributed by atoms with E-state index in [1.54, 1.807) is 0 Å². The maximum atomic E-state index is 9.25. The number of aromatic nitrogens is 2. The molecule has 1 aromatic heterocycles. The van der Waals surface area contributed by atoms with E-state index in [1.807, 2.05) is 10.8 Å². The predicted molar refractivity (Wildman–Crippen MR) is 72.2 cm³/mol. The lowest BCUT2D eigenvalue weighted by molar-refractivity contribution is 0.115. The van der Waals surface area contributed by atoms with Gasteiger partial charge in [0.05, 0.1) is 12.2 Å². The summed E-state index contributed by atoms with van der Waals surface area (Å²) in [7, 11) is 0. The Morgan fingerprint density at radius 1 is 1.61 bits per heavy atom. The summed E-state index contributed by atoms with van der Waals surface area (Å²) in [4.78, 5) is 2.42. The second kappa shape index (κ2) is 6.16. The van der Waals surface area contributed by atoms with E-state index in [0.717, 1.165) is 38.3 Å². The zero-order valence-corrected chi connectivity index (χ0v) is 11.2. The molecule has 18 heavy (non-hydrogen) atoms. The molecule has 1 aromatic rings. The molecule has 2 rings (SSSR count). The van der Waals surface area contributed by atoms with Crippen LogP contribution >= 0.6 is 0 Å². The summed E-state index contributed by atoms with van der Waals surface area (Å²) >= 11 is 0. The third kappa shape index (κ3) is 3.21. The molecule has 1 atom stereocenters. The molecular formula is C14H23N3O. The summed E-state index contributed by atoms with van der Waals surface area (Å²) in [6, 6.07) is 0. The lowest BCUT2D eigenvalue weighted by Crippen LogP contribution is -2.36. The average molecular weight is 249 g/mol. The van der Waals surface area contributed by atoms with Crippen LogP contribution in [0.1, 0.15) is 24.1 Å². The van der Waals surface area contributed by atoms with E-state index < -0.39 is 0 Å². The number of rotatable bonds is 5. The van der Waals surface area contributed by atoms with Crippen molar-refractivity contribution in [3.63, 3.8) is 0 Å². The Hall–Kier alpha value is -1.13. The second-order valence-corrected chi connectivity index (χ2v) is 5.18. The first kappa shape index (κ1) is 13.3. The summed E-state index contributed by atoms with van der Waals surface area (Å²) in [6.07, 6.45) is 6.31. The van der Waals surface area contributed by atoms with Crippen LogP contribution < -0.4 is 0 Å². The van der Waals surface area contributed by atoms with Gasteiger partial charge in [-0.3, -0.25) is 9.58 Å². The van der Waals surface area contributed by atoms with Crippen molar-refractivity contribution >= 4 is 0 Å². The van der Waals surface area contributed by atoms with Crippen molar-refractivity contribution in [1.82, 2.24) is 14.7 Å². The van der Waals surface area contributed by atoms with Crippen molar-refractivity contribution in [2.75, 3.05) is 19.7 Å². The van der Waals surface area contributed by atoms with Gasteiger partial charge in [0, 0.05) is 31.5 Å². The van der Waals surface area contributed by atoms with E-state index in [4.69, 9.17) is 0 Å². The summed E-state index contributed by atoms with van der Waals surface area (Å²) in [6.45, 7) is 9.94. The molecule has 1 aliphatic heterocycles. The molecule has 4 heteroatoms. The highest BCUT2D eigenvalue weighted by Gasteiger charge is 2.20. The molecule has 0 unspecified atom stereocenters. The van der Waals surface area contributed by atoms with Gasteiger partial charge in [0.2, 0.25) is 0 Å². The number of aliphatic hydroxyl groups excluding tert-OH is 1. The molecule has 4 nitrogen and oxygen atoms in total. The SMILES string of the molecule is C=CCn1cc(CN2CCC[C@H](CO)C2)c(C)n1. The van der Waals surface area contributed by atoms with E-state index >= 15 is 0 Å². The highest BCUT2D eigenvalue weighted by molar-refractivity contribution is 5.15. The van der Waals surface area contributed by atoms with Gasteiger partial charge < -0.3 is 5.11 Å². The van der Waals surface area contributed by atoms with Crippen molar-refractivity contribution in [2.45, 2.75) is 32.9 Å². The summed E-state index contributed by atoms with van der Waals surface area (Å²) < 4.78 is 1.94. The molecule has 1 aliphatic rings. The van der Waals surface area contributed by atoms with Gasteiger partial charge in [-0.1, -0.05) is 6.08 Å². The first-order valence-corrected chi connectivity index (χ1v) is 6.70. The minimum Gasteiger partial charge on any atom is -0.396 e. The fraction of sp³-hybridized carbons (Fsp3) is 0.643. The van der Waals surface area contributed by atoms with Crippen LogP contribution in [0.3, 0.4) is 0 Å². The predicted octanol–water partition coefficient (Wildman–Crippen LogP) is 1.58. The number of aliphatic hydroxyl groups is 1. The Balaban J connectivity index is 1.97. The average Bonchev–Trinajstić information content (AvgIpc) is 2.70. The van der Waals surface area contributed by atoms with E-state index in [1.165, 1.54) is 12.0 Å². The third-order valence-electron chi connectivity index (χ3n) is 3.62. The quantitative estimate of drug-likeness (QED) is 0.806. The molecule has 100 valence electrons. The number of aryl methyl sites for hydroxylation is 1. The molecule has 0 aliphatic carbocycles. The lowest BCUT2D eigenvalue weighted by Gasteiger charge is -2.31. The van der Waals surface area contributed by atoms with E-state index in [-0.39, 0.29) is 0 Å². The minimum absolute atomic E-state index is 0.311. The first-order valence-electron chi connectivity index (χ1n) is 6.70. The Morgan fingerprint density at radius 2 is 2.44 bits per heavy atom. The maximum Gasteiger partial charge on any atom is 0.0638 e. The molecule has 0 spiro atoms. The fourth-order valence-corrected chi connectivity index (χ4v) is 2.62. The highest BCUT2D eigenvalue weighted by atomic mass is 16.3. The van der Waals surface area contributed by atoms with Crippen molar-refractivity contribution in [1.29, 1.82) is 0 Å². The molecule has 1 fully saturated rings. The van der Waals surface area contributed by atoms with Crippen molar-refractivity contribution in [2.24, 2.45) is 5.92 Å². The molecule has 2 heterocycles. The molecule has 0 saturated carbocycles. The topological polar surface area (TPSA) is 41.3 Å². The largest absolute Gasteiger partial charge is 0.396 e. The lowest BCUT2D eigenvalue weighted by atomic mass is 9.98. The summed E-state index contributed by atoms with van der Waals surface area (Å²) in [5.41, 5.74) is 2.39. The number of allylic oxidation sites excluding steroid dienone is 1. The van der Waals surface area contributed by atoms with Crippen LogP contribution in [0.2, 0.25) is 0 Å². The molecule has 0 amide bonds. The van der Waals surface area contributed by atoms with E-state index in [2.05, 4.69) is 29.7 Å². The fourth-order valence-electron chi connectivity index (χ4n) is 2.62. The molecule has 1 saturated heterocycles. The normalized spacial score (nSPS) is 21.1. The first-order chi connectivity index (χ1) is 8.72. The van der Waals surface area contributed by atoms with Gasteiger partial charge in [-0.2, -0.15) is 5.10 Å². The molecule has 0 radical (unpaired) electrons. The van der Waals surface area contributed by atoms with Crippen LogP contribution in [0.5, 0.6) is 0 Å². The van der Waals surface area contributed by atoms with Crippen LogP contribution in [0.25, 0.3) is 0 Å². The van der Waals surface area contributed by atoms with E-state index in [0.29, 0.717) is 12.5 Å². The monoisotopic (exact) mass is 249 g/mol. The van der Waals surface area contributed by atoms with Gasteiger partial charge >= 0.3 is 0 Å². The zero-order chi connectivity index (χ0) is 13.0. The molecule has 1 N–H and O–H groups in total. The van der Waals surface area contributed by atoms with Gasteiger partial charge in [-0.25, -0.2) is 0 Å². The van der Waals surface area contributed by atoms with Gasteiger partial charge in [-0.15, -0.1) is 6.58 Å². The third-order valence-corrected chi connectivity index (χ3v) is 3.62. The Morgan fingerprint density at radius 3 is 3.17 bits per heavy atom. The number of piperidine rings is 1. The van der Waals surface area contributed by atoms with Gasteiger partial charge in [0.25, 0.3) is 0 Å². The Bertz CT molecular complexity index is 400. The zero-order valence-electron chi connectivity index (χ0n) is 11.2. The van der Waals surface area contributed by atoms with Crippen molar-refractivity contribution in [3.05, 3.63) is 30.1 Å².